The van der Waals surface area contributed by atoms with Gasteiger partial charge in [-0.25, -0.2) is 0 Å². The second kappa shape index (κ2) is 5.47. The fraction of sp³-hybridized carbons (Fsp3) is 0.591. The minimum absolute atomic E-state index is 0.137. The minimum atomic E-state index is 0.137. The van der Waals surface area contributed by atoms with Gasteiger partial charge < -0.3 is 4.98 Å². The number of fused-ring (bicyclic) bond motifs is 2. The smallest absolute Gasteiger partial charge is 0.136 e. The first-order valence-corrected chi connectivity index (χ1v) is 9.53. The lowest BCUT2D eigenvalue weighted by Crippen LogP contribution is -2.55. The average molecular weight is 323 g/mol. The van der Waals surface area contributed by atoms with E-state index < -0.39 is 0 Å². The van der Waals surface area contributed by atoms with Gasteiger partial charge in [0.15, 0.2) is 0 Å². The summed E-state index contributed by atoms with van der Waals surface area (Å²) in [6, 6.07) is 8.46. The van der Waals surface area contributed by atoms with E-state index in [2.05, 4.69) is 56.2 Å². The molecule has 2 heteroatoms. The van der Waals surface area contributed by atoms with Crippen molar-refractivity contribution in [3.8, 4) is 0 Å². The number of ketones is 1. The lowest BCUT2D eigenvalue weighted by Gasteiger charge is -2.60. The number of carbonyl (C=O) groups excluding carboxylic acids is 1. The van der Waals surface area contributed by atoms with Crippen LogP contribution >= 0.6 is 0 Å². The molecule has 2 aromatic rings. The predicted molar refractivity (Wildman–Crippen MR) is 99.0 cm³/mol. The zero-order valence-electron chi connectivity index (χ0n) is 15.2. The Hall–Kier alpha value is -1.57. The van der Waals surface area contributed by atoms with Gasteiger partial charge in [0.2, 0.25) is 0 Å². The van der Waals surface area contributed by atoms with Crippen LogP contribution in [0.5, 0.6) is 0 Å². The highest BCUT2D eigenvalue weighted by molar-refractivity contribution is 5.86. The number of para-hydroxylation sites is 1. The monoisotopic (exact) mass is 323 g/mol. The normalized spacial score (nSPS) is 36.7. The van der Waals surface area contributed by atoms with E-state index in [1.54, 1.807) is 0 Å². The Balaban J connectivity index is 1.73. The summed E-state index contributed by atoms with van der Waals surface area (Å²) in [4.78, 5) is 16.3. The van der Waals surface area contributed by atoms with E-state index in [4.69, 9.17) is 0 Å². The van der Waals surface area contributed by atoms with Crippen LogP contribution in [0.25, 0.3) is 10.9 Å². The van der Waals surface area contributed by atoms with Crippen molar-refractivity contribution in [3.05, 3.63) is 36.0 Å². The topological polar surface area (TPSA) is 32.9 Å². The Morgan fingerprint density at radius 3 is 2.79 bits per heavy atom. The van der Waals surface area contributed by atoms with Crippen LogP contribution < -0.4 is 0 Å². The molecule has 128 valence electrons. The molecule has 0 aliphatic heterocycles. The van der Waals surface area contributed by atoms with Gasteiger partial charge in [0, 0.05) is 29.4 Å². The summed E-state index contributed by atoms with van der Waals surface area (Å²) in [6.07, 6.45) is 8.65. The zero-order valence-corrected chi connectivity index (χ0v) is 15.2. The van der Waals surface area contributed by atoms with Crippen molar-refractivity contribution in [2.75, 3.05) is 0 Å². The van der Waals surface area contributed by atoms with Crippen molar-refractivity contribution in [2.24, 2.45) is 22.7 Å². The summed E-state index contributed by atoms with van der Waals surface area (Å²) >= 11 is 0. The molecule has 1 heterocycles. The number of aromatic amines is 1. The highest BCUT2D eigenvalue weighted by Crippen LogP contribution is 2.62. The number of hydrogen-bond acceptors (Lipinski definition) is 1. The summed E-state index contributed by atoms with van der Waals surface area (Å²) in [5, 5.41) is 1.28. The molecule has 2 nitrogen and oxygen atoms in total. The third kappa shape index (κ3) is 2.11. The summed E-state index contributed by atoms with van der Waals surface area (Å²) < 4.78 is 0. The number of benzene rings is 1. The van der Waals surface area contributed by atoms with Crippen LogP contribution in [0, 0.1) is 22.7 Å². The van der Waals surface area contributed by atoms with E-state index in [1.807, 2.05) is 0 Å². The summed E-state index contributed by atoms with van der Waals surface area (Å²) in [5.74, 6) is 1.38. The Bertz CT molecular complexity index is 775. The summed E-state index contributed by atoms with van der Waals surface area (Å²) in [7, 11) is 0. The van der Waals surface area contributed by atoms with Crippen molar-refractivity contribution in [1.29, 1.82) is 0 Å². The Morgan fingerprint density at radius 1 is 1.17 bits per heavy atom. The molecule has 0 saturated heterocycles. The first-order valence-electron chi connectivity index (χ1n) is 9.53. The van der Waals surface area contributed by atoms with E-state index in [-0.39, 0.29) is 11.3 Å². The van der Waals surface area contributed by atoms with E-state index >= 15 is 0 Å². The van der Waals surface area contributed by atoms with Gasteiger partial charge in [-0.05, 0) is 47.6 Å². The number of carbonyl (C=O) groups is 1. The molecule has 2 aliphatic rings. The largest absolute Gasteiger partial charge is 0.361 e. The summed E-state index contributed by atoms with van der Waals surface area (Å²) in [6.45, 7) is 7.29. The van der Waals surface area contributed by atoms with E-state index in [0.717, 1.165) is 25.2 Å². The quantitative estimate of drug-likeness (QED) is 0.775. The maximum atomic E-state index is 13.0. The van der Waals surface area contributed by atoms with Crippen molar-refractivity contribution in [1.82, 2.24) is 4.98 Å². The van der Waals surface area contributed by atoms with Crippen LogP contribution in [0.15, 0.2) is 30.5 Å². The Morgan fingerprint density at radius 2 is 1.96 bits per heavy atom. The number of aromatic nitrogens is 1. The summed E-state index contributed by atoms with van der Waals surface area (Å²) in [5.41, 5.74) is 2.93. The molecule has 24 heavy (non-hydrogen) atoms. The predicted octanol–water partition coefficient (Wildman–Crippen LogP) is 5.52. The SMILES string of the molecule is C[C@@H]1CCC[C@@]2(C)[C@@H](Cc3c[nH]c4ccccc34)C(=O)CC[C@@]12C. The molecular formula is C22H29NO. The molecule has 2 saturated carbocycles. The third-order valence-corrected chi connectivity index (χ3v) is 7.87. The number of hydrogen-bond donors (Lipinski definition) is 1. The maximum Gasteiger partial charge on any atom is 0.136 e. The van der Waals surface area contributed by atoms with Crippen LogP contribution in [0.3, 0.4) is 0 Å². The molecule has 1 aromatic carbocycles. The van der Waals surface area contributed by atoms with Gasteiger partial charge in [-0.2, -0.15) is 0 Å². The first-order chi connectivity index (χ1) is 11.5. The second-order valence-electron chi connectivity index (χ2n) is 8.71. The van der Waals surface area contributed by atoms with Gasteiger partial charge in [-0.15, -0.1) is 0 Å². The zero-order chi connectivity index (χ0) is 16.9. The van der Waals surface area contributed by atoms with E-state index in [9.17, 15) is 4.79 Å². The van der Waals surface area contributed by atoms with Crippen molar-refractivity contribution in [2.45, 2.75) is 59.3 Å². The van der Waals surface area contributed by atoms with Gasteiger partial charge in [0.05, 0.1) is 0 Å². The van der Waals surface area contributed by atoms with Crippen molar-refractivity contribution >= 4 is 16.7 Å². The number of rotatable bonds is 2. The third-order valence-electron chi connectivity index (χ3n) is 7.87. The van der Waals surface area contributed by atoms with Crippen molar-refractivity contribution in [3.63, 3.8) is 0 Å². The molecule has 0 spiro atoms. The highest BCUT2D eigenvalue weighted by Gasteiger charge is 2.57. The van der Waals surface area contributed by atoms with Gasteiger partial charge in [0.25, 0.3) is 0 Å². The fourth-order valence-electron chi connectivity index (χ4n) is 5.82. The molecule has 2 aliphatic carbocycles. The van der Waals surface area contributed by atoms with Gasteiger partial charge in [0.1, 0.15) is 5.78 Å². The van der Waals surface area contributed by atoms with Gasteiger partial charge in [-0.1, -0.05) is 51.8 Å². The molecule has 1 N–H and O–H groups in total. The molecular weight excluding hydrogens is 294 g/mol. The van der Waals surface area contributed by atoms with Crippen LogP contribution in [-0.4, -0.2) is 10.8 Å². The minimum Gasteiger partial charge on any atom is -0.361 e. The van der Waals surface area contributed by atoms with E-state index in [1.165, 1.54) is 35.7 Å². The molecule has 0 unspecified atom stereocenters. The molecule has 0 radical (unpaired) electrons. The molecule has 4 atom stereocenters. The van der Waals surface area contributed by atoms with E-state index in [0.29, 0.717) is 11.2 Å². The number of nitrogens with one attached hydrogen (secondary N) is 1. The molecule has 2 fully saturated rings. The molecule has 1 aromatic heterocycles. The van der Waals surface area contributed by atoms with Gasteiger partial charge >= 0.3 is 0 Å². The Kier molecular flexibility index (Phi) is 3.63. The van der Waals surface area contributed by atoms with Crippen LogP contribution in [0.1, 0.15) is 58.4 Å². The number of Topliss-reactive ketones (excluding diaryl/α,β-unsaturated/α-hetero) is 1. The van der Waals surface area contributed by atoms with Crippen LogP contribution in [0.4, 0.5) is 0 Å². The van der Waals surface area contributed by atoms with Gasteiger partial charge in [-0.3, -0.25) is 4.79 Å². The Labute approximate surface area is 145 Å². The molecule has 0 amide bonds. The fourth-order valence-corrected chi connectivity index (χ4v) is 5.82. The number of H-pyrrole nitrogens is 1. The van der Waals surface area contributed by atoms with Crippen molar-refractivity contribution < 1.29 is 4.79 Å². The standard InChI is InChI=1S/C22H29NO/c1-15-7-6-11-22(3)18(20(24)10-12-21(15,22)2)13-16-14-23-19-9-5-4-8-17(16)19/h4-5,8-9,14-15,18,23H,6-7,10-13H2,1-3H3/t15-,18+,21+,22+/m1/s1. The maximum absolute atomic E-state index is 13.0. The average Bonchev–Trinajstić information content (AvgIpc) is 2.98. The molecule has 0 bridgehead atoms. The highest BCUT2D eigenvalue weighted by atomic mass is 16.1. The van der Waals surface area contributed by atoms with Crippen LogP contribution in [-0.2, 0) is 11.2 Å². The molecule has 4 rings (SSSR count). The van der Waals surface area contributed by atoms with Crippen LogP contribution in [0.2, 0.25) is 0 Å². The lowest BCUT2D eigenvalue weighted by molar-refractivity contribution is -0.152. The second-order valence-corrected chi connectivity index (χ2v) is 8.71. The first kappa shape index (κ1) is 15.9. The lowest BCUT2D eigenvalue weighted by atomic mass is 9.44.